The van der Waals surface area contributed by atoms with Crippen LogP contribution in [0.2, 0.25) is 5.02 Å². The number of hydrogen-bond acceptors (Lipinski definition) is 5. The van der Waals surface area contributed by atoms with Gasteiger partial charge in [0.15, 0.2) is 17.1 Å². The fourth-order valence-electron chi connectivity index (χ4n) is 3.57. The number of fused-ring (bicyclic) bond motifs is 2. The maximum atomic E-state index is 12.8. The topological polar surface area (TPSA) is 73.6 Å². The number of nitrogens with one attached hydrogen (secondary N) is 1. The third kappa shape index (κ3) is 3.89. The van der Waals surface area contributed by atoms with E-state index in [9.17, 15) is 4.79 Å². The summed E-state index contributed by atoms with van der Waals surface area (Å²) < 4.78 is 17.0. The average Bonchev–Trinajstić information content (AvgIpc) is 3.23. The number of aromatic nitrogens is 1. The molecule has 1 N–H and O–H groups in total. The van der Waals surface area contributed by atoms with Gasteiger partial charge in [0.2, 0.25) is 5.89 Å². The number of oxazole rings is 1. The number of anilines is 1. The van der Waals surface area contributed by atoms with Crippen LogP contribution in [0.25, 0.3) is 22.6 Å². The predicted octanol–water partition coefficient (Wildman–Crippen LogP) is 6.30. The van der Waals surface area contributed by atoms with Gasteiger partial charge in [-0.25, -0.2) is 4.98 Å². The summed E-state index contributed by atoms with van der Waals surface area (Å²) in [5, 5.41) is 3.38. The van der Waals surface area contributed by atoms with Crippen LogP contribution in [-0.2, 0) is 0 Å². The molecular weight excluding hydrogens is 428 g/mol. The van der Waals surface area contributed by atoms with Crippen LogP contribution >= 0.6 is 11.6 Å². The van der Waals surface area contributed by atoms with E-state index in [0.29, 0.717) is 63.9 Å². The summed E-state index contributed by atoms with van der Waals surface area (Å²) in [6.07, 6.45) is 0. The first-order valence-corrected chi connectivity index (χ1v) is 10.8. The van der Waals surface area contributed by atoms with Gasteiger partial charge in [-0.05, 0) is 60.0 Å². The van der Waals surface area contributed by atoms with Gasteiger partial charge in [0, 0.05) is 11.3 Å². The summed E-state index contributed by atoms with van der Waals surface area (Å²) in [6.45, 7) is 5.22. The van der Waals surface area contributed by atoms with Gasteiger partial charge in [0.05, 0.1) is 10.6 Å². The number of hydrogen-bond donors (Lipinski definition) is 1. The van der Waals surface area contributed by atoms with E-state index in [1.807, 2.05) is 18.2 Å². The maximum absolute atomic E-state index is 12.8. The van der Waals surface area contributed by atoms with Crippen molar-refractivity contribution in [3.05, 3.63) is 70.7 Å². The molecule has 0 saturated heterocycles. The average molecular weight is 449 g/mol. The van der Waals surface area contributed by atoms with E-state index in [0.717, 1.165) is 5.52 Å². The SMILES string of the molecule is CC(C)c1ccc2oc(-c3cc(NC(=O)c4ccc5c(c4)OCCO5)ccc3Cl)nc2c1. The van der Waals surface area contributed by atoms with Crippen molar-refractivity contribution in [2.75, 3.05) is 18.5 Å². The van der Waals surface area contributed by atoms with Crippen LogP contribution in [-0.4, -0.2) is 24.1 Å². The van der Waals surface area contributed by atoms with Crippen LogP contribution in [0.4, 0.5) is 5.69 Å². The molecular formula is C25H21ClN2O4. The summed E-state index contributed by atoms with van der Waals surface area (Å²) in [4.78, 5) is 17.4. The van der Waals surface area contributed by atoms with E-state index < -0.39 is 0 Å². The Hall–Kier alpha value is -3.51. The third-order valence-corrected chi connectivity index (χ3v) is 5.67. The van der Waals surface area contributed by atoms with Crippen LogP contribution in [0.1, 0.15) is 35.7 Å². The number of halogens is 1. The fourth-order valence-corrected chi connectivity index (χ4v) is 3.77. The monoisotopic (exact) mass is 448 g/mol. The molecule has 4 aromatic rings. The molecule has 2 heterocycles. The summed E-state index contributed by atoms with van der Waals surface area (Å²) in [7, 11) is 0. The Labute approximate surface area is 190 Å². The van der Waals surface area contributed by atoms with E-state index in [1.54, 1.807) is 36.4 Å². The zero-order valence-electron chi connectivity index (χ0n) is 17.6. The number of carbonyl (C=O) groups is 1. The smallest absolute Gasteiger partial charge is 0.255 e. The van der Waals surface area contributed by atoms with Crippen molar-refractivity contribution in [1.29, 1.82) is 0 Å². The molecule has 0 fully saturated rings. The lowest BCUT2D eigenvalue weighted by molar-refractivity contribution is 0.102. The molecule has 0 atom stereocenters. The highest BCUT2D eigenvalue weighted by molar-refractivity contribution is 6.33. The maximum Gasteiger partial charge on any atom is 0.255 e. The molecule has 5 rings (SSSR count). The molecule has 3 aromatic carbocycles. The molecule has 7 heteroatoms. The summed E-state index contributed by atoms with van der Waals surface area (Å²) in [6, 6.07) is 16.3. The van der Waals surface area contributed by atoms with Crippen molar-refractivity contribution in [2.24, 2.45) is 0 Å². The first-order chi connectivity index (χ1) is 15.5. The number of rotatable bonds is 4. The van der Waals surface area contributed by atoms with E-state index in [-0.39, 0.29) is 5.91 Å². The van der Waals surface area contributed by atoms with E-state index in [2.05, 4.69) is 24.1 Å². The lowest BCUT2D eigenvalue weighted by Gasteiger charge is -2.18. The van der Waals surface area contributed by atoms with Crippen molar-refractivity contribution in [3.63, 3.8) is 0 Å². The highest BCUT2D eigenvalue weighted by Crippen LogP contribution is 2.34. The highest BCUT2D eigenvalue weighted by atomic mass is 35.5. The fraction of sp³-hybridized carbons (Fsp3) is 0.200. The van der Waals surface area contributed by atoms with Crippen LogP contribution in [0.15, 0.2) is 59.0 Å². The third-order valence-electron chi connectivity index (χ3n) is 5.34. The van der Waals surface area contributed by atoms with E-state index in [1.165, 1.54) is 5.56 Å². The van der Waals surface area contributed by atoms with Crippen LogP contribution < -0.4 is 14.8 Å². The molecule has 0 unspecified atom stereocenters. The summed E-state index contributed by atoms with van der Waals surface area (Å²) in [5.74, 6) is 1.73. The van der Waals surface area contributed by atoms with Gasteiger partial charge in [-0.3, -0.25) is 4.79 Å². The lowest BCUT2D eigenvalue weighted by Crippen LogP contribution is -2.17. The highest BCUT2D eigenvalue weighted by Gasteiger charge is 2.17. The number of nitrogens with zero attached hydrogens (tertiary/aromatic N) is 1. The molecule has 1 amide bonds. The Bertz CT molecular complexity index is 1330. The Morgan fingerprint density at radius 2 is 1.81 bits per heavy atom. The molecule has 6 nitrogen and oxygen atoms in total. The zero-order chi connectivity index (χ0) is 22.2. The normalized spacial score (nSPS) is 12.9. The van der Waals surface area contributed by atoms with Gasteiger partial charge >= 0.3 is 0 Å². The largest absolute Gasteiger partial charge is 0.486 e. The van der Waals surface area contributed by atoms with Crippen LogP contribution in [0.5, 0.6) is 11.5 Å². The van der Waals surface area contributed by atoms with Gasteiger partial charge < -0.3 is 19.2 Å². The van der Waals surface area contributed by atoms with Crippen molar-refractivity contribution in [2.45, 2.75) is 19.8 Å². The van der Waals surface area contributed by atoms with Crippen LogP contribution in [0.3, 0.4) is 0 Å². The van der Waals surface area contributed by atoms with Crippen LogP contribution in [0, 0.1) is 0 Å². The first kappa shape index (κ1) is 20.4. The second kappa shape index (κ2) is 8.20. The van der Waals surface area contributed by atoms with Gasteiger partial charge in [-0.1, -0.05) is 31.5 Å². The molecule has 1 aliphatic heterocycles. The van der Waals surface area contributed by atoms with Gasteiger partial charge in [-0.15, -0.1) is 0 Å². The molecule has 0 bridgehead atoms. The minimum atomic E-state index is -0.269. The van der Waals surface area contributed by atoms with E-state index >= 15 is 0 Å². The lowest BCUT2D eigenvalue weighted by atomic mass is 10.0. The van der Waals surface area contributed by atoms with Gasteiger partial charge in [0.1, 0.15) is 18.7 Å². The molecule has 0 spiro atoms. The Morgan fingerprint density at radius 1 is 1.00 bits per heavy atom. The standard InChI is InChI=1S/C25H21ClN2O4/c1-14(2)15-3-7-21-20(11-15)28-25(32-21)18-13-17(5-6-19(18)26)27-24(29)16-4-8-22-23(12-16)31-10-9-30-22/h3-8,11-14H,9-10H2,1-2H3,(H,27,29). The Kier molecular flexibility index (Phi) is 5.23. The Balaban J connectivity index is 1.42. The number of amides is 1. The van der Waals surface area contributed by atoms with Gasteiger partial charge in [0.25, 0.3) is 5.91 Å². The Morgan fingerprint density at radius 3 is 2.62 bits per heavy atom. The molecule has 1 aliphatic rings. The molecule has 162 valence electrons. The summed E-state index contributed by atoms with van der Waals surface area (Å²) in [5.41, 5.74) is 4.29. The zero-order valence-corrected chi connectivity index (χ0v) is 18.4. The molecule has 0 saturated carbocycles. The number of ether oxygens (including phenoxy) is 2. The minimum absolute atomic E-state index is 0.269. The predicted molar refractivity (Wildman–Crippen MR) is 124 cm³/mol. The van der Waals surface area contributed by atoms with E-state index in [4.69, 9.17) is 25.5 Å². The molecule has 32 heavy (non-hydrogen) atoms. The van der Waals surface area contributed by atoms with Gasteiger partial charge in [-0.2, -0.15) is 0 Å². The van der Waals surface area contributed by atoms with Crippen molar-refractivity contribution >= 4 is 34.3 Å². The second-order valence-corrected chi connectivity index (χ2v) is 8.32. The second-order valence-electron chi connectivity index (χ2n) is 7.91. The van der Waals surface area contributed by atoms with Crippen molar-refractivity contribution in [1.82, 2.24) is 4.98 Å². The van der Waals surface area contributed by atoms with Crippen molar-refractivity contribution in [3.8, 4) is 23.0 Å². The molecule has 1 aromatic heterocycles. The number of benzene rings is 3. The van der Waals surface area contributed by atoms with Crippen molar-refractivity contribution < 1.29 is 18.7 Å². The minimum Gasteiger partial charge on any atom is -0.486 e. The number of carbonyl (C=O) groups excluding carboxylic acids is 1. The summed E-state index contributed by atoms with van der Waals surface area (Å²) >= 11 is 6.43. The first-order valence-electron chi connectivity index (χ1n) is 10.4. The molecule has 0 aliphatic carbocycles. The quantitative estimate of drug-likeness (QED) is 0.397. The molecule has 0 radical (unpaired) electrons.